The van der Waals surface area contributed by atoms with E-state index in [1.807, 2.05) is 12.4 Å². The van der Waals surface area contributed by atoms with E-state index in [1.54, 1.807) is 0 Å². The lowest BCUT2D eigenvalue weighted by Gasteiger charge is -2.14. The molecule has 18 heavy (non-hydrogen) atoms. The van der Waals surface area contributed by atoms with Crippen LogP contribution < -0.4 is 0 Å². The quantitative estimate of drug-likeness (QED) is 0.828. The van der Waals surface area contributed by atoms with Crippen LogP contribution in [-0.2, 0) is 32.9 Å². The van der Waals surface area contributed by atoms with Gasteiger partial charge in [0.2, 0.25) is 0 Å². The molecule has 0 bridgehead atoms. The van der Waals surface area contributed by atoms with Crippen LogP contribution in [0.2, 0.25) is 0 Å². The largest absolute Gasteiger partial charge is 0.338 e. The van der Waals surface area contributed by atoms with E-state index >= 15 is 0 Å². The lowest BCUT2D eigenvalue weighted by atomic mass is 10.0. The normalized spacial score (nSPS) is 14.8. The van der Waals surface area contributed by atoms with Crippen molar-refractivity contribution in [2.75, 3.05) is 0 Å². The molecule has 4 nitrogen and oxygen atoms in total. The lowest BCUT2D eigenvalue weighted by molar-refractivity contribution is 0.581. The van der Waals surface area contributed by atoms with E-state index in [2.05, 4.69) is 28.1 Å². The van der Waals surface area contributed by atoms with Crippen LogP contribution in [0, 0.1) is 6.92 Å². The van der Waals surface area contributed by atoms with Crippen LogP contribution in [0.3, 0.4) is 0 Å². The Kier molecular flexibility index (Phi) is 2.94. The molecule has 3 rings (SSSR count). The van der Waals surface area contributed by atoms with E-state index in [1.165, 1.54) is 30.7 Å². The van der Waals surface area contributed by atoms with Crippen LogP contribution in [0.15, 0.2) is 12.4 Å². The van der Waals surface area contributed by atoms with Gasteiger partial charge in [0.1, 0.15) is 11.6 Å². The van der Waals surface area contributed by atoms with Crippen molar-refractivity contribution in [1.82, 2.24) is 19.1 Å². The minimum Gasteiger partial charge on any atom is -0.338 e. The highest BCUT2D eigenvalue weighted by atomic mass is 15.1. The van der Waals surface area contributed by atoms with Gasteiger partial charge in [-0.15, -0.1) is 0 Å². The topological polar surface area (TPSA) is 35.6 Å². The SMILES string of the molecule is Cc1nc2c(n1CCc1nccn1C)CCCC2. The average molecular weight is 244 g/mol. The summed E-state index contributed by atoms with van der Waals surface area (Å²) in [4.78, 5) is 9.10. The van der Waals surface area contributed by atoms with Gasteiger partial charge in [0, 0.05) is 38.1 Å². The first kappa shape index (κ1) is 11.5. The van der Waals surface area contributed by atoms with E-state index in [9.17, 15) is 0 Å². The van der Waals surface area contributed by atoms with Crippen molar-refractivity contribution >= 4 is 0 Å². The Morgan fingerprint density at radius 2 is 2.11 bits per heavy atom. The fraction of sp³-hybridized carbons (Fsp3) is 0.571. The second kappa shape index (κ2) is 4.59. The first-order valence-electron chi connectivity index (χ1n) is 6.77. The van der Waals surface area contributed by atoms with Crippen molar-refractivity contribution in [3.05, 3.63) is 35.4 Å². The summed E-state index contributed by atoms with van der Waals surface area (Å²) < 4.78 is 4.49. The average Bonchev–Trinajstić information content (AvgIpc) is 2.90. The molecule has 0 aliphatic heterocycles. The van der Waals surface area contributed by atoms with Crippen molar-refractivity contribution < 1.29 is 0 Å². The van der Waals surface area contributed by atoms with Gasteiger partial charge in [0.05, 0.1) is 5.69 Å². The standard InChI is InChI=1S/C14H20N4/c1-11-16-12-5-3-4-6-13(12)18(11)9-7-14-15-8-10-17(14)2/h8,10H,3-7,9H2,1-2H3. The van der Waals surface area contributed by atoms with Crippen LogP contribution in [-0.4, -0.2) is 19.1 Å². The smallest absolute Gasteiger partial charge is 0.110 e. The van der Waals surface area contributed by atoms with Crippen molar-refractivity contribution in [3.8, 4) is 0 Å². The molecule has 2 aromatic heterocycles. The predicted molar refractivity (Wildman–Crippen MR) is 70.5 cm³/mol. The number of aromatic nitrogens is 4. The maximum absolute atomic E-state index is 4.71. The summed E-state index contributed by atoms with van der Waals surface area (Å²) in [6.07, 6.45) is 9.80. The van der Waals surface area contributed by atoms with Crippen LogP contribution >= 0.6 is 0 Å². The minimum absolute atomic E-state index is 0.979. The molecule has 0 saturated carbocycles. The molecule has 0 spiro atoms. The molecule has 96 valence electrons. The fourth-order valence-electron chi connectivity index (χ4n) is 2.88. The number of imidazole rings is 2. The van der Waals surface area contributed by atoms with Gasteiger partial charge in [0.25, 0.3) is 0 Å². The fourth-order valence-corrected chi connectivity index (χ4v) is 2.88. The molecule has 0 unspecified atom stereocenters. The Labute approximate surface area is 108 Å². The molecule has 0 atom stereocenters. The Balaban J connectivity index is 1.80. The van der Waals surface area contributed by atoms with Crippen LogP contribution in [0.5, 0.6) is 0 Å². The van der Waals surface area contributed by atoms with E-state index < -0.39 is 0 Å². The summed E-state index contributed by atoms with van der Waals surface area (Å²) in [5.41, 5.74) is 2.80. The maximum Gasteiger partial charge on any atom is 0.110 e. The molecule has 1 aliphatic carbocycles. The predicted octanol–water partition coefficient (Wildman–Crippen LogP) is 2.05. The molecular weight excluding hydrogens is 224 g/mol. The summed E-state index contributed by atoms with van der Waals surface area (Å²) in [6, 6.07) is 0. The third kappa shape index (κ3) is 1.96. The molecule has 2 heterocycles. The highest BCUT2D eigenvalue weighted by molar-refractivity contribution is 5.20. The third-order valence-electron chi connectivity index (χ3n) is 3.90. The maximum atomic E-state index is 4.71. The Morgan fingerprint density at radius 1 is 1.28 bits per heavy atom. The van der Waals surface area contributed by atoms with Crippen LogP contribution in [0.4, 0.5) is 0 Å². The number of hydrogen-bond acceptors (Lipinski definition) is 2. The lowest BCUT2D eigenvalue weighted by Crippen LogP contribution is -2.12. The van der Waals surface area contributed by atoms with Gasteiger partial charge in [-0.2, -0.15) is 0 Å². The highest BCUT2D eigenvalue weighted by Gasteiger charge is 2.17. The van der Waals surface area contributed by atoms with Crippen LogP contribution in [0.25, 0.3) is 0 Å². The van der Waals surface area contributed by atoms with Gasteiger partial charge in [-0.3, -0.25) is 0 Å². The summed E-state index contributed by atoms with van der Waals surface area (Å²) in [7, 11) is 2.05. The Morgan fingerprint density at radius 3 is 2.89 bits per heavy atom. The number of hydrogen-bond donors (Lipinski definition) is 0. The van der Waals surface area contributed by atoms with E-state index in [4.69, 9.17) is 4.98 Å². The van der Waals surface area contributed by atoms with Gasteiger partial charge < -0.3 is 9.13 Å². The summed E-state index contributed by atoms with van der Waals surface area (Å²) >= 11 is 0. The second-order valence-corrected chi connectivity index (χ2v) is 5.12. The first-order chi connectivity index (χ1) is 8.75. The zero-order valence-electron chi connectivity index (χ0n) is 11.2. The van der Waals surface area contributed by atoms with Gasteiger partial charge in [-0.25, -0.2) is 9.97 Å². The van der Waals surface area contributed by atoms with Crippen molar-refractivity contribution in [2.24, 2.45) is 7.05 Å². The van der Waals surface area contributed by atoms with Crippen molar-refractivity contribution in [2.45, 2.75) is 45.6 Å². The number of rotatable bonds is 3. The number of fused-ring (bicyclic) bond motifs is 1. The summed E-state index contributed by atoms with van der Waals surface area (Å²) in [6.45, 7) is 3.12. The second-order valence-electron chi connectivity index (χ2n) is 5.12. The number of aryl methyl sites for hydroxylation is 4. The molecule has 1 aliphatic rings. The monoisotopic (exact) mass is 244 g/mol. The van der Waals surface area contributed by atoms with Crippen LogP contribution in [0.1, 0.15) is 35.9 Å². The molecule has 0 saturated heterocycles. The van der Waals surface area contributed by atoms with Crippen molar-refractivity contribution in [3.63, 3.8) is 0 Å². The zero-order valence-corrected chi connectivity index (χ0v) is 11.2. The van der Waals surface area contributed by atoms with E-state index in [0.29, 0.717) is 0 Å². The van der Waals surface area contributed by atoms with Gasteiger partial charge >= 0.3 is 0 Å². The summed E-state index contributed by atoms with van der Waals surface area (Å²) in [5.74, 6) is 2.31. The Hall–Kier alpha value is -1.58. The molecule has 0 amide bonds. The minimum atomic E-state index is 0.979. The zero-order chi connectivity index (χ0) is 12.5. The van der Waals surface area contributed by atoms with E-state index in [-0.39, 0.29) is 0 Å². The molecule has 0 N–H and O–H groups in total. The van der Waals surface area contributed by atoms with Gasteiger partial charge in [-0.1, -0.05) is 0 Å². The summed E-state index contributed by atoms with van der Waals surface area (Å²) in [5, 5.41) is 0. The molecule has 0 aromatic carbocycles. The Bertz CT molecular complexity index is 550. The highest BCUT2D eigenvalue weighted by Crippen LogP contribution is 2.22. The number of nitrogens with zero attached hydrogens (tertiary/aromatic N) is 4. The van der Waals surface area contributed by atoms with Gasteiger partial charge in [0.15, 0.2) is 0 Å². The first-order valence-corrected chi connectivity index (χ1v) is 6.77. The van der Waals surface area contributed by atoms with Gasteiger partial charge in [-0.05, 0) is 32.6 Å². The third-order valence-corrected chi connectivity index (χ3v) is 3.90. The molecule has 4 heteroatoms. The van der Waals surface area contributed by atoms with Crippen molar-refractivity contribution in [1.29, 1.82) is 0 Å². The molecule has 0 fully saturated rings. The molecular formula is C14H20N4. The van der Waals surface area contributed by atoms with E-state index in [0.717, 1.165) is 31.0 Å². The molecule has 2 aromatic rings. The molecule has 0 radical (unpaired) electrons.